The highest BCUT2D eigenvalue weighted by atomic mass is 35.5. The minimum absolute atomic E-state index is 0. The minimum Gasteiger partial charge on any atom is -0.317 e. The lowest BCUT2D eigenvalue weighted by Gasteiger charge is -2.32. The van der Waals surface area contributed by atoms with Gasteiger partial charge in [-0.2, -0.15) is 13.2 Å². The first-order valence-corrected chi connectivity index (χ1v) is 6.54. The normalized spacial score (nSPS) is 17.1. The molecule has 0 atom stereocenters. The summed E-state index contributed by atoms with van der Waals surface area (Å²) in [5, 5.41) is 3.26. The average Bonchev–Trinajstić information content (AvgIpc) is 2.39. The van der Waals surface area contributed by atoms with E-state index < -0.39 is 11.7 Å². The lowest BCUT2D eigenvalue weighted by atomic mass is 10.0. The summed E-state index contributed by atoms with van der Waals surface area (Å²) in [6, 6.07) is 6.20. The van der Waals surface area contributed by atoms with Crippen LogP contribution in [0.2, 0.25) is 0 Å². The number of nitrogens with zero attached hydrogens (tertiary/aromatic N) is 1. The molecular weight excluding hydrogens is 289 g/mol. The predicted octanol–water partition coefficient (Wildman–Crippen LogP) is 3.31. The van der Waals surface area contributed by atoms with Crippen molar-refractivity contribution in [3.63, 3.8) is 0 Å². The van der Waals surface area contributed by atoms with Gasteiger partial charge in [-0.25, -0.2) is 0 Å². The molecule has 0 aliphatic carbocycles. The smallest absolute Gasteiger partial charge is 0.317 e. The Bertz CT molecular complexity index is 417. The Morgan fingerprint density at radius 1 is 1.20 bits per heavy atom. The predicted molar refractivity (Wildman–Crippen MR) is 76.1 cm³/mol. The van der Waals surface area contributed by atoms with E-state index in [0.717, 1.165) is 32.0 Å². The quantitative estimate of drug-likeness (QED) is 0.921. The van der Waals surface area contributed by atoms with Gasteiger partial charge in [0.05, 0.1) is 5.56 Å². The topological polar surface area (TPSA) is 15.3 Å². The molecule has 1 aromatic carbocycles. The maximum absolute atomic E-state index is 12.9. The molecule has 1 aliphatic heterocycles. The van der Waals surface area contributed by atoms with Crippen LogP contribution in [0.15, 0.2) is 24.3 Å². The molecule has 0 aromatic heterocycles. The zero-order chi connectivity index (χ0) is 13.9. The molecule has 0 radical (unpaired) electrons. The van der Waals surface area contributed by atoms with Crippen LogP contribution in [0.4, 0.5) is 13.2 Å². The van der Waals surface area contributed by atoms with E-state index in [-0.39, 0.29) is 12.4 Å². The minimum atomic E-state index is -4.27. The largest absolute Gasteiger partial charge is 0.416 e. The van der Waals surface area contributed by atoms with E-state index in [1.807, 2.05) is 11.9 Å². The SMILES string of the molecule is CN(Cc1ccccc1C(F)(F)F)C1CCNCC1.Cl. The van der Waals surface area contributed by atoms with E-state index in [2.05, 4.69) is 5.32 Å². The third-order valence-corrected chi connectivity index (χ3v) is 3.67. The van der Waals surface area contributed by atoms with Crippen molar-refractivity contribution in [1.29, 1.82) is 0 Å². The van der Waals surface area contributed by atoms with Crippen molar-refractivity contribution < 1.29 is 13.2 Å². The van der Waals surface area contributed by atoms with Gasteiger partial charge in [-0.15, -0.1) is 12.4 Å². The molecule has 6 heteroatoms. The maximum Gasteiger partial charge on any atom is 0.416 e. The molecule has 0 bridgehead atoms. The van der Waals surface area contributed by atoms with Crippen LogP contribution in [0.1, 0.15) is 24.0 Å². The first-order valence-electron chi connectivity index (χ1n) is 6.54. The number of hydrogen-bond donors (Lipinski definition) is 1. The third-order valence-electron chi connectivity index (χ3n) is 3.67. The molecule has 2 nitrogen and oxygen atoms in total. The van der Waals surface area contributed by atoms with Crippen LogP contribution in [0.3, 0.4) is 0 Å². The molecule has 0 saturated carbocycles. The van der Waals surface area contributed by atoms with Crippen molar-refractivity contribution in [3.05, 3.63) is 35.4 Å². The second-order valence-electron chi connectivity index (χ2n) is 5.05. The van der Waals surface area contributed by atoms with Crippen LogP contribution < -0.4 is 5.32 Å². The van der Waals surface area contributed by atoms with E-state index in [1.165, 1.54) is 6.07 Å². The Hall–Kier alpha value is -0.780. The molecule has 1 heterocycles. The van der Waals surface area contributed by atoms with Gasteiger partial charge in [0.25, 0.3) is 0 Å². The second-order valence-corrected chi connectivity index (χ2v) is 5.05. The molecular formula is C14H20ClF3N2. The molecule has 1 saturated heterocycles. The summed E-state index contributed by atoms with van der Waals surface area (Å²) in [5.41, 5.74) is -0.160. The molecule has 114 valence electrons. The standard InChI is InChI=1S/C14H19F3N2.ClH/c1-19(12-6-8-18-9-7-12)10-11-4-2-3-5-13(11)14(15,16)17;/h2-5,12,18H,6-10H2,1H3;1H. The molecule has 1 N–H and O–H groups in total. The highest BCUT2D eigenvalue weighted by molar-refractivity contribution is 5.85. The van der Waals surface area contributed by atoms with Crippen molar-refractivity contribution in [2.75, 3.05) is 20.1 Å². The van der Waals surface area contributed by atoms with Crippen molar-refractivity contribution in [2.45, 2.75) is 31.6 Å². The van der Waals surface area contributed by atoms with Crippen molar-refractivity contribution in [1.82, 2.24) is 10.2 Å². The Balaban J connectivity index is 0.00000200. The van der Waals surface area contributed by atoms with Gasteiger partial charge in [0.2, 0.25) is 0 Å². The molecule has 1 fully saturated rings. The van der Waals surface area contributed by atoms with Crippen LogP contribution in [-0.4, -0.2) is 31.1 Å². The first-order chi connectivity index (χ1) is 8.98. The Kier molecular flexibility index (Phi) is 6.30. The maximum atomic E-state index is 12.9. The number of benzene rings is 1. The number of rotatable bonds is 3. The molecule has 1 aliphatic rings. The van der Waals surface area contributed by atoms with Crippen molar-refractivity contribution in [3.8, 4) is 0 Å². The van der Waals surface area contributed by atoms with E-state index in [0.29, 0.717) is 18.2 Å². The van der Waals surface area contributed by atoms with Crippen LogP contribution >= 0.6 is 12.4 Å². The fourth-order valence-electron chi connectivity index (χ4n) is 2.58. The fourth-order valence-corrected chi connectivity index (χ4v) is 2.58. The summed E-state index contributed by atoms with van der Waals surface area (Å²) >= 11 is 0. The number of alkyl halides is 3. The number of piperidine rings is 1. The summed E-state index contributed by atoms with van der Waals surface area (Å²) in [4.78, 5) is 2.03. The van der Waals surface area contributed by atoms with Gasteiger partial charge in [0, 0.05) is 12.6 Å². The Morgan fingerprint density at radius 2 is 1.80 bits per heavy atom. The monoisotopic (exact) mass is 308 g/mol. The fraction of sp³-hybridized carbons (Fsp3) is 0.571. The van der Waals surface area contributed by atoms with Gasteiger partial charge >= 0.3 is 6.18 Å². The zero-order valence-electron chi connectivity index (χ0n) is 11.4. The van der Waals surface area contributed by atoms with Gasteiger partial charge in [0.15, 0.2) is 0 Å². The average molecular weight is 309 g/mol. The van der Waals surface area contributed by atoms with Gasteiger partial charge in [0.1, 0.15) is 0 Å². The van der Waals surface area contributed by atoms with E-state index in [4.69, 9.17) is 0 Å². The zero-order valence-corrected chi connectivity index (χ0v) is 12.2. The van der Waals surface area contributed by atoms with E-state index in [1.54, 1.807) is 12.1 Å². The first kappa shape index (κ1) is 17.3. The van der Waals surface area contributed by atoms with Crippen LogP contribution in [0, 0.1) is 0 Å². The lowest BCUT2D eigenvalue weighted by molar-refractivity contribution is -0.138. The molecule has 0 unspecified atom stereocenters. The molecule has 2 rings (SSSR count). The van der Waals surface area contributed by atoms with Gasteiger partial charge in [-0.05, 0) is 44.6 Å². The summed E-state index contributed by atoms with van der Waals surface area (Å²) < 4.78 is 38.7. The van der Waals surface area contributed by atoms with Crippen molar-refractivity contribution in [2.24, 2.45) is 0 Å². The van der Waals surface area contributed by atoms with Crippen LogP contribution in [0.25, 0.3) is 0 Å². The molecule has 1 aromatic rings. The van der Waals surface area contributed by atoms with Crippen molar-refractivity contribution >= 4 is 12.4 Å². The number of nitrogens with one attached hydrogen (secondary N) is 1. The van der Waals surface area contributed by atoms with E-state index in [9.17, 15) is 13.2 Å². The molecule has 0 spiro atoms. The lowest BCUT2D eigenvalue weighted by Crippen LogP contribution is -2.40. The highest BCUT2D eigenvalue weighted by Crippen LogP contribution is 2.32. The van der Waals surface area contributed by atoms with Gasteiger partial charge < -0.3 is 5.32 Å². The summed E-state index contributed by atoms with van der Waals surface area (Å²) in [6.45, 7) is 2.23. The van der Waals surface area contributed by atoms with Crippen LogP contribution in [0.5, 0.6) is 0 Å². The summed E-state index contributed by atoms with van der Waals surface area (Å²) in [6.07, 6.45) is -2.29. The molecule has 0 amide bonds. The Labute approximate surface area is 123 Å². The number of hydrogen-bond acceptors (Lipinski definition) is 2. The third kappa shape index (κ3) is 4.36. The second kappa shape index (κ2) is 7.29. The van der Waals surface area contributed by atoms with Gasteiger partial charge in [-0.3, -0.25) is 4.90 Å². The van der Waals surface area contributed by atoms with Crippen LogP contribution in [-0.2, 0) is 12.7 Å². The number of halogens is 4. The van der Waals surface area contributed by atoms with Gasteiger partial charge in [-0.1, -0.05) is 18.2 Å². The van der Waals surface area contributed by atoms with E-state index >= 15 is 0 Å². The summed E-state index contributed by atoms with van der Waals surface area (Å²) in [7, 11) is 1.91. The Morgan fingerprint density at radius 3 is 2.40 bits per heavy atom. The molecule has 20 heavy (non-hydrogen) atoms. The summed E-state index contributed by atoms with van der Waals surface area (Å²) in [5.74, 6) is 0. The highest BCUT2D eigenvalue weighted by Gasteiger charge is 2.33.